The van der Waals surface area contributed by atoms with Crippen molar-refractivity contribution in [3.63, 3.8) is 0 Å². The SMILES string of the molecule is CCCCNC(=O)c1ccccc1N1C(=O)[C@H]2Cc3c([nH]c4ccccc34)[C@H](C)N2C1=O. The molecule has 0 unspecified atom stereocenters. The van der Waals surface area contributed by atoms with Gasteiger partial charge in [0.2, 0.25) is 0 Å². The minimum absolute atomic E-state index is 0.274. The number of benzene rings is 2. The molecule has 5 rings (SSSR count). The van der Waals surface area contributed by atoms with Gasteiger partial charge in [-0.1, -0.05) is 43.7 Å². The van der Waals surface area contributed by atoms with Crippen molar-refractivity contribution in [2.75, 3.05) is 11.4 Å². The normalized spacial score (nSPS) is 19.9. The molecular formula is C25H26N4O3. The van der Waals surface area contributed by atoms with Crippen LogP contribution in [-0.4, -0.2) is 40.3 Å². The van der Waals surface area contributed by atoms with E-state index in [9.17, 15) is 14.4 Å². The molecule has 4 amide bonds. The fourth-order valence-corrected chi connectivity index (χ4v) is 4.92. The first-order chi connectivity index (χ1) is 15.5. The molecule has 2 atom stereocenters. The van der Waals surface area contributed by atoms with Crippen LogP contribution < -0.4 is 10.2 Å². The number of carbonyl (C=O) groups is 3. The Labute approximate surface area is 186 Å². The molecule has 0 aliphatic carbocycles. The minimum atomic E-state index is -0.583. The highest BCUT2D eigenvalue weighted by atomic mass is 16.2. The first kappa shape index (κ1) is 20.3. The number of unbranched alkanes of at least 4 members (excludes halogenated alkanes) is 1. The number of anilines is 1. The molecule has 7 heteroatoms. The van der Waals surface area contributed by atoms with Crippen LogP contribution in [0.15, 0.2) is 48.5 Å². The molecule has 0 radical (unpaired) electrons. The van der Waals surface area contributed by atoms with E-state index in [4.69, 9.17) is 0 Å². The van der Waals surface area contributed by atoms with Crippen molar-refractivity contribution in [3.8, 4) is 0 Å². The van der Waals surface area contributed by atoms with E-state index in [2.05, 4.69) is 17.2 Å². The molecule has 3 heterocycles. The molecule has 2 N–H and O–H groups in total. The smallest absolute Gasteiger partial charge is 0.332 e. The summed E-state index contributed by atoms with van der Waals surface area (Å²) in [6, 6.07) is 13.6. The van der Waals surface area contributed by atoms with Gasteiger partial charge in [0.1, 0.15) is 6.04 Å². The van der Waals surface area contributed by atoms with E-state index in [-0.39, 0.29) is 23.9 Å². The number of nitrogens with zero attached hydrogens (tertiary/aromatic N) is 2. The molecule has 1 saturated heterocycles. The van der Waals surface area contributed by atoms with Crippen LogP contribution in [0.3, 0.4) is 0 Å². The fraction of sp³-hybridized carbons (Fsp3) is 0.320. The monoisotopic (exact) mass is 430 g/mol. The maximum absolute atomic E-state index is 13.5. The first-order valence-electron chi connectivity index (χ1n) is 11.2. The lowest BCUT2D eigenvalue weighted by molar-refractivity contribution is -0.120. The summed E-state index contributed by atoms with van der Waals surface area (Å²) in [5, 5.41) is 3.97. The average Bonchev–Trinajstić information content (AvgIpc) is 3.30. The number of aromatic nitrogens is 1. The van der Waals surface area contributed by atoms with Crippen molar-refractivity contribution in [2.45, 2.75) is 45.2 Å². The second-order valence-electron chi connectivity index (χ2n) is 8.45. The second kappa shape index (κ2) is 7.82. The molecule has 1 aromatic heterocycles. The number of hydrogen-bond donors (Lipinski definition) is 2. The average molecular weight is 431 g/mol. The van der Waals surface area contributed by atoms with Crippen molar-refractivity contribution in [3.05, 3.63) is 65.4 Å². The Morgan fingerprint density at radius 3 is 2.69 bits per heavy atom. The predicted molar refractivity (Wildman–Crippen MR) is 123 cm³/mol. The Morgan fingerprint density at radius 1 is 1.12 bits per heavy atom. The van der Waals surface area contributed by atoms with Gasteiger partial charge in [0.05, 0.1) is 17.3 Å². The lowest BCUT2D eigenvalue weighted by Gasteiger charge is -2.33. The van der Waals surface area contributed by atoms with E-state index < -0.39 is 6.04 Å². The summed E-state index contributed by atoms with van der Waals surface area (Å²) in [4.78, 5) is 46.1. The van der Waals surface area contributed by atoms with Gasteiger partial charge in [0, 0.05) is 29.6 Å². The van der Waals surface area contributed by atoms with Crippen LogP contribution in [0.1, 0.15) is 54.3 Å². The number of fused-ring (bicyclic) bond motifs is 4. The van der Waals surface area contributed by atoms with Gasteiger partial charge in [0.25, 0.3) is 11.8 Å². The topological polar surface area (TPSA) is 85.5 Å². The summed E-state index contributed by atoms with van der Waals surface area (Å²) in [7, 11) is 0. The number of amides is 4. The minimum Gasteiger partial charge on any atom is -0.356 e. The van der Waals surface area contributed by atoms with E-state index in [1.54, 1.807) is 29.2 Å². The number of para-hydroxylation sites is 2. The van der Waals surface area contributed by atoms with Gasteiger partial charge >= 0.3 is 6.03 Å². The quantitative estimate of drug-likeness (QED) is 0.471. The first-order valence-corrected chi connectivity index (χ1v) is 11.2. The van der Waals surface area contributed by atoms with Crippen molar-refractivity contribution in [2.24, 2.45) is 0 Å². The maximum atomic E-state index is 13.5. The molecule has 3 aromatic rings. The highest BCUT2D eigenvalue weighted by Crippen LogP contribution is 2.42. The highest BCUT2D eigenvalue weighted by molar-refractivity contribution is 6.24. The van der Waals surface area contributed by atoms with Gasteiger partial charge < -0.3 is 15.2 Å². The summed E-state index contributed by atoms with van der Waals surface area (Å²) in [6.45, 7) is 4.55. The molecule has 2 aliphatic heterocycles. The lowest BCUT2D eigenvalue weighted by Crippen LogP contribution is -2.42. The number of carbonyl (C=O) groups excluding carboxylic acids is 3. The summed E-state index contributed by atoms with van der Waals surface area (Å²) in [5.74, 6) is -0.560. The predicted octanol–water partition coefficient (Wildman–Crippen LogP) is 4.15. The van der Waals surface area contributed by atoms with E-state index in [0.29, 0.717) is 24.2 Å². The van der Waals surface area contributed by atoms with Gasteiger partial charge in [0.15, 0.2) is 0 Å². The van der Waals surface area contributed by atoms with Crippen molar-refractivity contribution >= 4 is 34.4 Å². The number of urea groups is 1. The van der Waals surface area contributed by atoms with Crippen LogP contribution in [0, 0.1) is 0 Å². The van der Waals surface area contributed by atoms with Crippen LogP contribution in [0.4, 0.5) is 10.5 Å². The number of H-pyrrole nitrogens is 1. The third kappa shape index (κ3) is 2.99. The molecule has 1 fully saturated rings. The van der Waals surface area contributed by atoms with Crippen LogP contribution in [0.5, 0.6) is 0 Å². The third-order valence-corrected chi connectivity index (χ3v) is 6.54. The largest absolute Gasteiger partial charge is 0.356 e. The van der Waals surface area contributed by atoms with Crippen molar-refractivity contribution < 1.29 is 14.4 Å². The molecule has 7 nitrogen and oxygen atoms in total. The van der Waals surface area contributed by atoms with Crippen LogP contribution in [0.25, 0.3) is 10.9 Å². The van der Waals surface area contributed by atoms with Crippen LogP contribution in [-0.2, 0) is 11.2 Å². The fourth-order valence-electron chi connectivity index (χ4n) is 4.92. The van der Waals surface area contributed by atoms with Crippen LogP contribution >= 0.6 is 0 Å². The Kier molecular flexibility index (Phi) is 4.96. The van der Waals surface area contributed by atoms with Crippen molar-refractivity contribution in [1.29, 1.82) is 0 Å². The standard InChI is InChI=1S/C25H26N4O3/c1-3-4-13-26-23(30)17-10-6-8-12-20(17)29-24(31)21-14-18-16-9-5-7-11-19(16)27-22(18)15(2)28(21)25(29)32/h5-12,15,21,27H,3-4,13-14H2,1-2H3,(H,26,30)/t15-,21+/m0/s1. The Bertz CT molecular complexity index is 1230. The molecular weight excluding hydrogens is 404 g/mol. The van der Waals surface area contributed by atoms with E-state index in [0.717, 1.165) is 35.0 Å². The Balaban J connectivity index is 1.51. The zero-order valence-electron chi connectivity index (χ0n) is 18.2. The second-order valence-corrected chi connectivity index (χ2v) is 8.45. The number of hydrogen-bond acceptors (Lipinski definition) is 3. The molecule has 164 valence electrons. The number of aromatic amines is 1. The summed E-state index contributed by atoms with van der Waals surface area (Å²) >= 11 is 0. The van der Waals surface area contributed by atoms with Gasteiger partial charge in [-0.15, -0.1) is 0 Å². The summed E-state index contributed by atoms with van der Waals surface area (Å²) in [5.41, 5.74) is 3.74. The third-order valence-electron chi connectivity index (χ3n) is 6.54. The summed E-state index contributed by atoms with van der Waals surface area (Å²) < 4.78 is 0. The lowest BCUT2D eigenvalue weighted by atomic mass is 9.93. The molecule has 0 bridgehead atoms. The highest BCUT2D eigenvalue weighted by Gasteiger charge is 2.52. The maximum Gasteiger partial charge on any atom is 0.332 e. The molecule has 0 saturated carbocycles. The Morgan fingerprint density at radius 2 is 1.88 bits per heavy atom. The molecule has 2 aromatic carbocycles. The zero-order valence-corrected chi connectivity index (χ0v) is 18.2. The van der Waals surface area contributed by atoms with E-state index in [1.807, 2.05) is 31.2 Å². The van der Waals surface area contributed by atoms with E-state index in [1.165, 1.54) is 4.90 Å². The van der Waals surface area contributed by atoms with Gasteiger partial charge in [-0.25, -0.2) is 9.69 Å². The number of imide groups is 1. The van der Waals surface area contributed by atoms with Gasteiger partial charge in [-0.2, -0.15) is 0 Å². The molecule has 32 heavy (non-hydrogen) atoms. The zero-order chi connectivity index (χ0) is 22.4. The molecule has 2 aliphatic rings. The summed E-state index contributed by atoms with van der Waals surface area (Å²) in [6.07, 6.45) is 2.29. The van der Waals surface area contributed by atoms with Crippen LogP contribution in [0.2, 0.25) is 0 Å². The molecule has 0 spiro atoms. The van der Waals surface area contributed by atoms with Gasteiger partial charge in [-0.05, 0) is 37.1 Å². The Hall–Kier alpha value is -3.61. The van der Waals surface area contributed by atoms with Gasteiger partial charge in [-0.3, -0.25) is 9.59 Å². The van der Waals surface area contributed by atoms with E-state index >= 15 is 0 Å². The number of rotatable bonds is 5. The number of nitrogens with one attached hydrogen (secondary N) is 2. The van der Waals surface area contributed by atoms with Crippen molar-refractivity contribution in [1.82, 2.24) is 15.2 Å².